The number of carbonyl (C=O) groups excluding carboxylic acids is 1. The number of carbonyl (C=O) groups is 1. The van der Waals surface area contributed by atoms with Crippen molar-refractivity contribution in [2.75, 3.05) is 19.6 Å². The van der Waals surface area contributed by atoms with E-state index in [9.17, 15) is 9.59 Å². The summed E-state index contributed by atoms with van der Waals surface area (Å²) in [6, 6.07) is 0.241. The van der Waals surface area contributed by atoms with Crippen LogP contribution >= 0.6 is 0 Å². The van der Waals surface area contributed by atoms with Gasteiger partial charge in [-0.2, -0.15) is 0 Å². The molecule has 3 aliphatic rings. The van der Waals surface area contributed by atoms with Gasteiger partial charge in [-0.3, -0.25) is 9.59 Å². The third-order valence-electron chi connectivity index (χ3n) is 4.72. The lowest BCUT2D eigenvalue weighted by molar-refractivity contribution is 0.0734. The fourth-order valence-electron chi connectivity index (χ4n) is 3.38. The van der Waals surface area contributed by atoms with E-state index in [1.54, 1.807) is 0 Å². The molecule has 2 saturated heterocycles. The number of amides is 1. The molecule has 0 radical (unpaired) electrons. The van der Waals surface area contributed by atoms with E-state index >= 15 is 0 Å². The van der Waals surface area contributed by atoms with Crippen LogP contribution in [-0.2, 0) is 0 Å². The summed E-state index contributed by atoms with van der Waals surface area (Å²) in [6.07, 6.45) is 4.65. The van der Waals surface area contributed by atoms with Gasteiger partial charge in [0.1, 0.15) is 11.4 Å². The number of likely N-dealkylation sites (tertiary alicyclic amines) is 1. The lowest BCUT2D eigenvalue weighted by atomic mass is 10.1. The van der Waals surface area contributed by atoms with Gasteiger partial charge in [0.05, 0.1) is 0 Å². The Kier molecular flexibility index (Phi) is 2.66. The first-order chi connectivity index (χ1) is 9.74. The quantitative estimate of drug-likeness (QED) is 0.800. The van der Waals surface area contributed by atoms with Crippen LogP contribution in [0.5, 0.6) is 0 Å². The van der Waals surface area contributed by atoms with Gasteiger partial charge in [0.25, 0.3) is 11.5 Å². The summed E-state index contributed by atoms with van der Waals surface area (Å²) in [4.78, 5) is 33.5. The molecule has 6 nitrogen and oxygen atoms in total. The van der Waals surface area contributed by atoms with Crippen LogP contribution in [0.15, 0.2) is 11.0 Å². The van der Waals surface area contributed by atoms with E-state index in [1.807, 2.05) is 4.90 Å². The third kappa shape index (κ3) is 1.86. The van der Waals surface area contributed by atoms with Crippen molar-refractivity contribution >= 4 is 5.91 Å². The molecule has 106 valence electrons. The molecule has 2 atom stereocenters. The molecule has 4 rings (SSSR count). The first-order valence-electron chi connectivity index (χ1n) is 7.35. The average Bonchev–Trinajstić information content (AvgIpc) is 3.05. The number of fused-ring (bicyclic) bond motifs is 1. The predicted molar refractivity (Wildman–Crippen MR) is 72.6 cm³/mol. The Morgan fingerprint density at radius 1 is 1.30 bits per heavy atom. The van der Waals surface area contributed by atoms with Crippen molar-refractivity contribution < 1.29 is 4.79 Å². The van der Waals surface area contributed by atoms with Crippen LogP contribution in [0.2, 0.25) is 0 Å². The van der Waals surface area contributed by atoms with Gasteiger partial charge < -0.3 is 15.2 Å². The second-order valence-electron chi connectivity index (χ2n) is 6.06. The van der Waals surface area contributed by atoms with Crippen molar-refractivity contribution in [1.29, 1.82) is 0 Å². The van der Waals surface area contributed by atoms with E-state index in [1.165, 1.54) is 6.20 Å². The highest BCUT2D eigenvalue weighted by Crippen LogP contribution is 2.37. The second kappa shape index (κ2) is 4.41. The highest BCUT2D eigenvalue weighted by atomic mass is 16.2. The molecule has 1 aliphatic carbocycles. The SMILES string of the molecule is O=C(c1cnc(C2CC2)[nH]c1=O)N1CC[C@H]2CNC[C@H]21. The van der Waals surface area contributed by atoms with Crippen molar-refractivity contribution in [2.24, 2.45) is 5.92 Å². The smallest absolute Gasteiger partial charge is 0.263 e. The molecular weight excluding hydrogens is 256 g/mol. The molecule has 1 amide bonds. The average molecular weight is 274 g/mol. The Morgan fingerprint density at radius 2 is 2.15 bits per heavy atom. The standard InChI is InChI=1S/C14H18N4O2/c19-13-10(6-16-12(17-13)8-1-2-8)14(20)18-4-3-9-5-15-7-11(9)18/h6,8-9,11,15H,1-5,7H2,(H,16,17,19)/t9-,11+/m0/s1. The molecule has 0 spiro atoms. The van der Waals surface area contributed by atoms with Gasteiger partial charge in [0.15, 0.2) is 0 Å². The molecule has 0 aromatic carbocycles. The molecule has 3 heterocycles. The fraction of sp³-hybridized carbons (Fsp3) is 0.643. The maximum atomic E-state index is 12.5. The normalized spacial score (nSPS) is 28.7. The summed E-state index contributed by atoms with van der Waals surface area (Å²) < 4.78 is 0. The van der Waals surface area contributed by atoms with Gasteiger partial charge >= 0.3 is 0 Å². The predicted octanol–water partition coefficient (Wildman–Crippen LogP) is 0.0812. The minimum absolute atomic E-state index is 0.169. The number of hydrogen-bond acceptors (Lipinski definition) is 4. The van der Waals surface area contributed by atoms with Crippen LogP contribution in [0.3, 0.4) is 0 Å². The van der Waals surface area contributed by atoms with Gasteiger partial charge in [-0.05, 0) is 25.2 Å². The van der Waals surface area contributed by atoms with Crippen molar-refractivity contribution in [1.82, 2.24) is 20.2 Å². The van der Waals surface area contributed by atoms with Crippen LogP contribution in [0.25, 0.3) is 0 Å². The summed E-state index contributed by atoms with van der Waals surface area (Å²) in [7, 11) is 0. The molecule has 2 N–H and O–H groups in total. The summed E-state index contributed by atoms with van der Waals surface area (Å²) in [5, 5.41) is 3.31. The molecule has 1 saturated carbocycles. The molecule has 6 heteroatoms. The van der Waals surface area contributed by atoms with E-state index in [2.05, 4.69) is 15.3 Å². The number of nitrogens with one attached hydrogen (secondary N) is 2. The number of aromatic amines is 1. The summed E-state index contributed by atoms with van der Waals surface area (Å²) in [5.41, 5.74) is -0.108. The van der Waals surface area contributed by atoms with Gasteiger partial charge in [-0.1, -0.05) is 0 Å². The molecule has 3 fully saturated rings. The Balaban J connectivity index is 1.60. The highest BCUT2D eigenvalue weighted by Gasteiger charge is 2.40. The lowest BCUT2D eigenvalue weighted by Gasteiger charge is -2.22. The zero-order valence-electron chi connectivity index (χ0n) is 11.3. The van der Waals surface area contributed by atoms with Crippen LogP contribution in [-0.4, -0.2) is 46.5 Å². The van der Waals surface area contributed by atoms with Gasteiger partial charge in [-0.25, -0.2) is 4.98 Å². The summed E-state index contributed by atoms with van der Waals surface area (Å²) >= 11 is 0. The first-order valence-corrected chi connectivity index (χ1v) is 7.35. The minimum Gasteiger partial charge on any atom is -0.334 e. The van der Waals surface area contributed by atoms with E-state index in [0.29, 0.717) is 11.8 Å². The van der Waals surface area contributed by atoms with Crippen molar-refractivity contribution in [3.05, 3.63) is 27.9 Å². The number of H-pyrrole nitrogens is 1. The zero-order valence-corrected chi connectivity index (χ0v) is 11.3. The third-order valence-corrected chi connectivity index (χ3v) is 4.72. The zero-order chi connectivity index (χ0) is 13.7. The largest absolute Gasteiger partial charge is 0.334 e. The van der Waals surface area contributed by atoms with E-state index in [0.717, 1.165) is 44.7 Å². The first kappa shape index (κ1) is 12.1. The monoisotopic (exact) mass is 274 g/mol. The molecular formula is C14H18N4O2. The van der Waals surface area contributed by atoms with Crippen LogP contribution in [0, 0.1) is 5.92 Å². The van der Waals surface area contributed by atoms with Crippen molar-refractivity contribution in [3.63, 3.8) is 0 Å². The van der Waals surface area contributed by atoms with Gasteiger partial charge in [-0.15, -0.1) is 0 Å². The maximum Gasteiger partial charge on any atom is 0.263 e. The summed E-state index contributed by atoms with van der Waals surface area (Å²) in [5.74, 6) is 1.49. The Labute approximate surface area is 116 Å². The summed E-state index contributed by atoms with van der Waals surface area (Å²) in [6.45, 7) is 2.56. The number of hydrogen-bond donors (Lipinski definition) is 2. The Hall–Kier alpha value is -1.69. The van der Waals surface area contributed by atoms with E-state index in [4.69, 9.17) is 0 Å². The number of aromatic nitrogens is 2. The maximum absolute atomic E-state index is 12.5. The molecule has 1 aromatic rings. The highest BCUT2D eigenvalue weighted by molar-refractivity contribution is 5.94. The van der Waals surface area contributed by atoms with Crippen LogP contribution in [0.4, 0.5) is 0 Å². The molecule has 1 aromatic heterocycles. The topological polar surface area (TPSA) is 78.1 Å². The van der Waals surface area contributed by atoms with Crippen LogP contribution < -0.4 is 10.9 Å². The van der Waals surface area contributed by atoms with Crippen LogP contribution in [0.1, 0.15) is 41.4 Å². The van der Waals surface area contributed by atoms with Crippen molar-refractivity contribution in [2.45, 2.75) is 31.2 Å². The molecule has 0 bridgehead atoms. The molecule has 20 heavy (non-hydrogen) atoms. The van der Waals surface area contributed by atoms with Gasteiger partial charge in [0.2, 0.25) is 0 Å². The Morgan fingerprint density at radius 3 is 2.90 bits per heavy atom. The Bertz CT molecular complexity index is 607. The second-order valence-corrected chi connectivity index (χ2v) is 6.06. The van der Waals surface area contributed by atoms with Crippen molar-refractivity contribution in [3.8, 4) is 0 Å². The number of nitrogens with zero attached hydrogens (tertiary/aromatic N) is 2. The van der Waals surface area contributed by atoms with Gasteiger partial charge in [0, 0.05) is 37.8 Å². The fourth-order valence-corrected chi connectivity index (χ4v) is 3.38. The van der Waals surface area contributed by atoms with E-state index < -0.39 is 0 Å². The molecule has 0 unspecified atom stereocenters. The van der Waals surface area contributed by atoms with E-state index in [-0.39, 0.29) is 23.1 Å². The lowest BCUT2D eigenvalue weighted by Crippen LogP contribution is -2.41. The number of rotatable bonds is 2. The molecule has 2 aliphatic heterocycles. The minimum atomic E-state index is -0.290.